The van der Waals surface area contributed by atoms with Gasteiger partial charge in [0.15, 0.2) is 6.29 Å². The molecule has 1 amide bonds. The van der Waals surface area contributed by atoms with Crippen LogP contribution >= 0.6 is 0 Å². The smallest absolute Gasteiger partial charge is 0.220 e. The molecule has 1 aliphatic rings. The molecule has 0 aromatic heterocycles. The van der Waals surface area contributed by atoms with Gasteiger partial charge in [0.05, 0.1) is 25.4 Å². The lowest BCUT2D eigenvalue weighted by Crippen LogP contribution is -2.60. The Kier molecular flexibility index (Phi) is 55.9. The Balaban J connectivity index is 2.20. The molecule has 0 bridgehead atoms. The van der Waals surface area contributed by atoms with E-state index in [-0.39, 0.29) is 12.5 Å². The van der Waals surface area contributed by atoms with Gasteiger partial charge in [0.2, 0.25) is 5.91 Å². The van der Waals surface area contributed by atoms with Crippen LogP contribution in [0.15, 0.2) is 146 Å². The zero-order valence-electron chi connectivity index (χ0n) is 51.9. The Bertz CT molecular complexity index is 1800. The van der Waals surface area contributed by atoms with Gasteiger partial charge in [-0.25, -0.2) is 0 Å². The normalized spacial score (nSPS) is 19.3. The van der Waals surface area contributed by atoms with Crippen molar-refractivity contribution in [3.8, 4) is 0 Å². The number of allylic oxidation sites excluding steroid dienone is 23. The molecule has 9 heteroatoms. The third-order valence-corrected chi connectivity index (χ3v) is 14.7. The highest BCUT2D eigenvalue weighted by molar-refractivity contribution is 5.76. The minimum absolute atomic E-state index is 0.200. The fourth-order valence-corrected chi connectivity index (χ4v) is 9.51. The summed E-state index contributed by atoms with van der Waals surface area (Å²) < 4.78 is 11.3. The predicted octanol–water partition coefficient (Wildman–Crippen LogP) is 17.8. The number of unbranched alkanes of at least 4 members (excludes halogenated alkanes) is 23. The number of amides is 1. The average molecular weight is 1140 g/mol. The van der Waals surface area contributed by atoms with Crippen LogP contribution in [0.5, 0.6) is 0 Å². The summed E-state index contributed by atoms with van der Waals surface area (Å²) in [7, 11) is 0. The van der Waals surface area contributed by atoms with E-state index >= 15 is 0 Å². The molecule has 0 saturated carbocycles. The van der Waals surface area contributed by atoms with Crippen molar-refractivity contribution in [2.45, 2.75) is 294 Å². The fraction of sp³-hybridized carbons (Fsp3) is 0.658. The van der Waals surface area contributed by atoms with E-state index in [1.807, 2.05) is 6.08 Å². The Morgan fingerprint density at radius 3 is 1.12 bits per heavy atom. The number of aliphatic hydroxyl groups excluding tert-OH is 5. The molecule has 9 nitrogen and oxygen atoms in total. The lowest BCUT2D eigenvalue weighted by Gasteiger charge is -2.40. The molecule has 1 saturated heterocycles. The summed E-state index contributed by atoms with van der Waals surface area (Å²) in [5.74, 6) is -0.200. The zero-order valence-corrected chi connectivity index (χ0v) is 51.9. The van der Waals surface area contributed by atoms with Gasteiger partial charge in [0.25, 0.3) is 0 Å². The lowest BCUT2D eigenvalue weighted by molar-refractivity contribution is -0.302. The average Bonchev–Trinajstić information content (AvgIpc) is 3.52. The molecule has 82 heavy (non-hydrogen) atoms. The second-order valence-corrected chi connectivity index (χ2v) is 22.2. The molecule has 6 N–H and O–H groups in total. The Hall–Kier alpha value is -3.93. The molecular formula is C73H121NO8. The molecule has 0 aromatic rings. The second-order valence-electron chi connectivity index (χ2n) is 22.2. The molecule has 0 radical (unpaired) electrons. The fourth-order valence-electron chi connectivity index (χ4n) is 9.51. The van der Waals surface area contributed by atoms with E-state index in [1.165, 1.54) is 103 Å². The Morgan fingerprint density at radius 1 is 0.427 bits per heavy atom. The SMILES string of the molecule is CC/C=C\C/C=C\C/C=C\C/C=C\C/C=C\C/C=C\C/C=C\C/C=C\C/C=C\C/C=C\C/C=C\CCCCCCCC(=O)NC(COC1OC(CO)C(O)C(O)C1O)C(O)/C=C/CCCCCCCCCCCCCCCCCCCC. The quantitative estimate of drug-likeness (QED) is 0.0261. The standard InChI is InChI=1S/C73H121NO8/c1-3-5-7-9-11-13-15-17-19-21-23-25-26-27-28-29-30-31-32-33-34-35-36-37-38-39-40-41-42-43-45-47-49-51-53-55-57-59-61-63-69(77)74-66(65-81-73-72(80)71(79)70(78)68(64-75)82-73)67(76)62-60-58-56-54-52-50-48-46-44-24-22-20-18-16-14-12-10-8-6-4-2/h5,7,11,13,17,19,23,25,27-28,30-31,33-34,36-37,39-40,42-43,47,49,60,62,66-68,70-73,75-76,78-80H,3-4,6,8-10,12,14-16,18,20-22,24,26,29,32,35,38,41,44-46,48,50-59,61,63-65H2,1-2H3,(H,74,77)/b7-5-,13-11-,19-17-,25-23-,28-27-,31-30-,34-33-,37-36-,40-39-,43-42-,49-47-,62-60+. The summed E-state index contributed by atoms with van der Waals surface area (Å²) in [6.07, 6.45) is 86.3. The molecule has 0 spiro atoms. The van der Waals surface area contributed by atoms with Crippen molar-refractivity contribution in [2.24, 2.45) is 0 Å². The van der Waals surface area contributed by atoms with Crippen molar-refractivity contribution >= 4 is 5.91 Å². The first-order chi connectivity index (χ1) is 40.3. The maximum Gasteiger partial charge on any atom is 0.220 e. The van der Waals surface area contributed by atoms with Crippen LogP contribution in [0.3, 0.4) is 0 Å². The topological polar surface area (TPSA) is 149 Å². The van der Waals surface area contributed by atoms with Gasteiger partial charge in [-0.1, -0.05) is 288 Å². The summed E-state index contributed by atoms with van der Waals surface area (Å²) >= 11 is 0. The van der Waals surface area contributed by atoms with Crippen LogP contribution in [0.25, 0.3) is 0 Å². The van der Waals surface area contributed by atoms with Crippen LogP contribution in [0.1, 0.15) is 251 Å². The van der Waals surface area contributed by atoms with Crippen molar-refractivity contribution < 1.29 is 39.8 Å². The van der Waals surface area contributed by atoms with Crippen molar-refractivity contribution in [1.82, 2.24) is 5.32 Å². The molecule has 7 unspecified atom stereocenters. The van der Waals surface area contributed by atoms with Gasteiger partial charge in [-0.05, 0) is 103 Å². The third-order valence-electron chi connectivity index (χ3n) is 14.7. The van der Waals surface area contributed by atoms with Gasteiger partial charge < -0.3 is 40.3 Å². The van der Waals surface area contributed by atoms with Gasteiger partial charge in [-0.15, -0.1) is 0 Å². The van der Waals surface area contributed by atoms with Crippen LogP contribution in [0.2, 0.25) is 0 Å². The van der Waals surface area contributed by atoms with Gasteiger partial charge in [0.1, 0.15) is 24.4 Å². The van der Waals surface area contributed by atoms with Crippen LogP contribution in [-0.2, 0) is 14.3 Å². The second kappa shape index (κ2) is 60.2. The molecular weight excluding hydrogens is 1020 g/mol. The van der Waals surface area contributed by atoms with Crippen molar-refractivity contribution in [3.05, 3.63) is 146 Å². The number of hydrogen-bond acceptors (Lipinski definition) is 8. The van der Waals surface area contributed by atoms with E-state index in [1.54, 1.807) is 6.08 Å². The Morgan fingerprint density at radius 2 is 0.756 bits per heavy atom. The minimum atomic E-state index is -1.58. The van der Waals surface area contributed by atoms with Gasteiger partial charge in [0, 0.05) is 6.42 Å². The number of nitrogens with one attached hydrogen (secondary N) is 1. The van der Waals surface area contributed by atoms with E-state index in [9.17, 15) is 30.3 Å². The highest BCUT2D eigenvalue weighted by Gasteiger charge is 2.44. The number of carbonyl (C=O) groups excluding carboxylic acids is 1. The Labute approximate surface area is 502 Å². The monoisotopic (exact) mass is 1140 g/mol. The van der Waals surface area contributed by atoms with Crippen molar-refractivity contribution in [3.63, 3.8) is 0 Å². The molecule has 1 aliphatic heterocycles. The van der Waals surface area contributed by atoms with E-state index in [2.05, 4.69) is 153 Å². The maximum atomic E-state index is 13.1. The van der Waals surface area contributed by atoms with Gasteiger partial charge >= 0.3 is 0 Å². The minimum Gasteiger partial charge on any atom is -0.394 e. The van der Waals surface area contributed by atoms with Crippen molar-refractivity contribution in [2.75, 3.05) is 13.2 Å². The first-order valence-corrected chi connectivity index (χ1v) is 33.1. The molecule has 1 rings (SSSR count). The molecule has 0 aromatic carbocycles. The molecule has 7 atom stereocenters. The molecule has 466 valence electrons. The summed E-state index contributed by atoms with van der Waals surface area (Å²) in [4.78, 5) is 13.1. The number of carbonyl (C=O) groups is 1. The summed E-state index contributed by atoms with van der Waals surface area (Å²) in [5, 5.41) is 54.6. The third kappa shape index (κ3) is 48.4. The van der Waals surface area contributed by atoms with E-state index < -0.39 is 49.5 Å². The predicted molar refractivity (Wildman–Crippen MR) is 350 cm³/mol. The largest absolute Gasteiger partial charge is 0.394 e. The molecule has 1 heterocycles. The molecule has 0 aliphatic carbocycles. The number of hydrogen-bond donors (Lipinski definition) is 6. The molecule has 1 fully saturated rings. The zero-order chi connectivity index (χ0) is 59.3. The van der Waals surface area contributed by atoms with Gasteiger partial charge in [-0.2, -0.15) is 0 Å². The summed E-state index contributed by atoms with van der Waals surface area (Å²) in [6.45, 7) is 3.66. The van der Waals surface area contributed by atoms with E-state index in [4.69, 9.17) is 9.47 Å². The maximum absolute atomic E-state index is 13.1. The van der Waals surface area contributed by atoms with E-state index in [0.717, 1.165) is 128 Å². The van der Waals surface area contributed by atoms with E-state index in [0.29, 0.717) is 6.42 Å². The highest BCUT2D eigenvalue weighted by atomic mass is 16.7. The van der Waals surface area contributed by atoms with Crippen LogP contribution in [-0.4, -0.2) is 87.5 Å². The first kappa shape index (κ1) is 76.1. The lowest BCUT2D eigenvalue weighted by atomic mass is 9.99. The first-order valence-electron chi connectivity index (χ1n) is 33.1. The van der Waals surface area contributed by atoms with Crippen LogP contribution in [0, 0.1) is 0 Å². The summed E-state index contributed by atoms with van der Waals surface area (Å²) in [5.41, 5.74) is 0. The van der Waals surface area contributed by atoms with Crippen LogP contribution < -0.4 is 5.32 Å². The van der Waals surface area contributed by atoms with Gasteiger partial charge in [-0.3, -0.25) is 4.79 Å². The number of ether oxygens (including phenoxy) is 2. The van der Waals surface area contributed by atoms with Crippen LogP contribution in [0.4, 0.5) is 0 Å². The number of aliphatic hydroxyl groups is 5. The number of rotatable bonds is 55. The van der Waals surface area contributed by atoms with Crippen molar-refractivity contribution in [1.29, 1.82) is 0 Å². The summed E-state index contributed by atoms with van der Waals surface area (Å²) in [6, 6.07) is -0.827. The highest BCUT2D eigenvalue weighted by Crippen LogP contribution is 2.23.